The van der Waals surface area contributed by atoms with Gasteiger partial charge in [0.15, 0.2) is 6.29 Å². The lowest BCUT2D eigenvalue weighted by atomic mass is 10.2. The minimum absolute atomic E-state index is 0.0963. The standard InChI is InChI=1S/C10H20O2/c1-2-3-4-7-10-11-8-5-6-9-12-10/h10H,2-9H2,1H3. The average Bonchev–Trinajstić information content (AvgIpc) is 2.33. The summed E-state index contributed by atoms with van der Waals surface area (Å²) in [5.74, 6) is 0. The molecule has 0 atom stereocenters. The molecule has 0 unspecified atom stereocenters. The maximum atomic E-state index is 5.53. The first kappa shape index (κ1) is 10.0. The molecule has 0 aromatic rings. The Balaban J connectivity index is 2.04. The van der Waals surface area contributed by atoms with E-state index in [1.165, 1.54) is 19.3 Å². The highest BCUT2D eigenvalue weighted by atomic mass is 16.7. The Morgan fingerprint density at radius 2 is 1.75 bits per heavy atom. The summed E-state index contributed by atoms with van der Waals surface area (Å²) in [5.41, 5.74) is 0. The van der Waals surface area contributed by atoms with E-state index in [0.717, 1.165) is 32.5 Å². The summed E-state index contributed by atoms with van der Waals surface area (Å²) in [7, 11) is 0. The van der Waals surface area contributed by atoms with Crippen molar-refractivity contribution in [1.82, 2.24) is 0 Å². The van der Waals surface area contributed by atoms with Gasteiger partial charge in [-0.1, -0.05) is 19.8 Å². The Labute approximate surface area is 75.2 Å². The molecular weight excluding hydrogens is 152 g/mol. The molecule has 0 saturated carbocycles. The zero-order chi connectivity index (χ0) is 8.65. The van der Waals surface area contributed by atoms with E-state index in [0.29, 0.717) is 0 Å². The van der Waals surface area contributed by atoms with Crippen LogP contribution in [0.15, 0.2) is 0 Å². The van der Waals surface area contributed by atoms with Crippen molar-refractivity contribution < 1.29 is 9.47 Å². The molecule has 2 heteroatoms. The molecule has 1 fully saturated rings. The van der Waals surface area contributed by atoms with E-state index in [1.54, 1.807) is 0 Å². The van der Waals surface area contributed by atoms with E-state index in [4.69, 9.17) is 9.47 Å². The van der Waals surface area contributed by atoms with Crippen LogP contribution in [0.1, 0.15) is 45.4 Å². The second-order valence-electron chi connectivity index (χ2n) is 3.37. The Bertz CT molecular complexity index is 96.0. The van der Waals surface area contributed by atoms with Crippen molar-refractivity contribution in [3.8, 4) is 0 Å². The second-order valence-corrected chi connectivity index (χ2v) is 3.37. The van der Waals surface area contributed by atoms with Gasteiger partial charge in [-0.05, 0) is 25.7 Å². The van der Waals surface area contributed by atoms with Gasteiger partial charge >= 0.3 is 0 Å². The van der Waals surface area contributed by atoms with Gasteiger partial charge < -0.3 is 9.47 Å². The maximum Gasteiger partial charge on any atom is 0.157 e. The molecule has 1 aliphatic rings. The molecule has 0 amide bonds. The summed E-state index contributed by atoms with van der Waals surface area (Å²) in [4.78, 5) is 0. The van der Waals surface area contributed by atoms with Crippen molar-refractivity contribution in [3.05, 3.63) is 0 Å². The van der Waals surface area contributed by atoms with E-state index in [-0.39, 0.29) is 6.29 Å². The van der Waals surface area contributed by atoms with Gasteiger partial charge in [-0.3, -0.25) is 0 Å². The van der Waals surface area contributed by atoms with Crippen molar-refractivity contribution in [2.45, 2.75) is 51.7 Å². The zero-order valence-corrected chi connectivity index (χ0v) is 8.05. The smallest absolute Gasteiger partial charge is 0.157 e. The van der Waals surface area contributed by atoms with Crippen molar-refractivity contribution in [2.75, 3.05) is 13.2 Å². The van der Waals surface area contributed by atoms with Crippen molar-refractivity contribution >= 4 is 0 Å². The van der Waals surface area contributed by atoms with Crippen molar-refractivity contribution in [1.29, 1.82) is 0 Å². The number of hydrogen-bond acceptors (Lipinski definition) is 2. The molecule has 0 spiro atoms. The molecular formula is C10H20O2. The summed E-state index contributed by atoms with van der Waals surface area (Å²) < 4.78 is 11.1. The van der Waals surface area contributed by atoms with Gasteiger partial charge in [0.2, 0.25) is 0 Å². The first-order valence-corrected chi connectivity index (χ1v) is 5.16. The summed E-state index contributed by atoms with van der Waals surface area (Å²) in [6.45, 7) is 3.99. The van der Waals surface area contributed by atoms with E-state index in [1.807, 2.05) is 0 Å². The molecule has 0 aromatic heterocycles. The Hall–Kier alpha value is -0.0800. The third kappa shape index (κ3) is 4.07. The van der Waals surface area contributed by atoms with E-state index in [2.05, 4.69) is 6.92 Å². The lowest BCUT2D eigenvalue weighted by molar-refractivity contribution is -0.130. The molecule has 0 aliphatic carbocycles. The molecule has 1 saturated heterocycles. The predicted molar refractivity (Wildman–Crippen MR) is 49.1 cm³/mol. The first-order valence-electron chi connectivity index (χ1n) is 5.16. The average molecular weight is 172 g/mol. The van der Waals surface area contributed by atoms with E-state index in [9.17, 15) is 0 Å². The molecule has 0 N–H and O–H groups in total. The quantitative estimate of drug-likeness (QED) is 0.607. The van der Waals surface area contributed by atoms with Gasteiger partial charge in [-0.25, -0.2) is 0 Å². The van der Waals surface area contributed by atoms with Gasteiger partial charge in [-0.2, -0.15) is 0 Å². The van der Waals surface area contributed by atoms with Crippen LogP contribution >= 0.6 is 0 Å². The number of ether oxygens (including phenoxy) is 2. The normalized spacial score (nSPS) is 20.8. The molecule has 0 aromatic carbocycles. The van der Waals surface area contributed by atoms with Crippen LogP contribution < -0.4 is 0 Å². The zero-order valence-electron chi connectivity index (χ0n) is 8.05. The van der Waals surface area contributed by atoms with E-state index >= 15 is 0 Å². The minimum atomic E-state index is 0.0963. The molecule has 1 heterocycles. The van der Waals surface area contributed by atoms with E-state index < -0.39 is 0 Å². The minimum Gasteiger partial charge on any atom is -0.353 e. The molecule has 72 valence electrons. The van der Waals surface area contributed by atoms with Crippen LogP contribution in [0.5, 0.6) is 0 Å². The third-order valence-electron chi connectivity index (χ3n) is 2.19. The van der Waals surface area contributed by atoms with Crippen LogP contribution in [0.4, 0.5) is 0 Å². The van der Waals surface area contributed by atoms with Crippen LogP contribution in [0.25, 0.3) is 0 Å². The lowest BCUT2D eigenvalue weighted by Gasteiger charge is -2.14. The molecule has 12 heavy (non-hydrogen) atoms. The molecule has 0 bridgehead atoms. The third-order valence-corrected chi connectivity index (χ3v) is 2.19. The SMILES string of the molecule is CCCCCC1OCCCCO1. The molecule has 1 rings (SSSR count). The highest BCUT2D eigenvalue weighted by molar-refractivity contribution is 4.52. The Kier molecular flexibility index (Phi) is 5.37. The summed E-state index contributed by atoms with van der Waals surface area (Å²) in [5, 5.41) is 0. The Morgan fingerprint density at radius 1 is 1.08 bits per heavy atom. The van der Waals surface area contributed by atoms with Crippen LogP contribution in [-0.2, 0) is 9.47 Å². The summed E-state index contributed by atoms with van der Waals surface area (Å²) >= 11 is 0. The monoisotopic (exact) mass is 172 g/mol. The highest BCUT2D eigenvalue weighted by Gasteiger charge is 2.11. The van der Waals surface area contributed by atoms with Gasteiger partial charge in [0.1, 0.15) is 0 Å². The lowest BCUT2D eigenvalue weighted by Crippen LogP contribution is -2.15. The van der Waals surface area contributed by atoms with Gasteiger partial charge in [-0.15, -0.1) is 0 Å². The Morgan fingerprint density at radius 3 is 2.33 bits per heavy atom. The fourth-order valence-electron chi connectivity index (χ4n) is 1.41. The van der Waals surface area contributed by atoms with Crippen LogP contribution in [-0.4, -0.2) is 19.5 Å². The largest absolute Gasteiger partial charge is 0.353 e. The van der Waals surface area contributed by atoms with Crippen LogP contribution in [0, 0.1) is 0 Å². The fraction of sp³-hybridized carbons (Fsp3) is 1.00. The summed E-state index contributed by atoms with van der Waals surface area (Å²) in [6.07, 6.45) is 7.29. The highest BCUT2D eigenvalue weighted by Crippen LogP contribution is 2.12. The predicted octanol–water partition coefficient (Wildman–Crippen LogP) is 2.72. The van der Waals surface area contributed by atoms with Gasteiger partial charge in [0.05, 0.1) is 0 Å². The fourth-order valence-corrected chi connectivity index (χ4v) is 1.41. The number of hydrogen-bond donors (Lipinski definition) is 0. The van der Waals surface area contributed by atoms with Crippen molar-refractivity contribution in [3.63, 3.8) is 0 Å². The maximum absolute atomic E-state index is 5.53. The van der Waals surface area contributed by atoms with Crippen molar-refractivity contribution in [2.24, 2.45) is 0 Å². The number of unbranched alkanes of at least 4 members (excludes halogenated alkanes) is 2. The number of rotatable bonds is 4. The first-order chi connectivity index (χ1) is 5.93. The molecule has 0 radical (unpaired) electrons. The van der Waals surface area contributed by atoms with Gasteiger partial charge in [0.25, 0.3) is 0 Å². The second kappa shape index (κ2) is 6.44. The topological polar surface area (TPSA) is 18.5 Å². The van der Waals surface area contributed by atoms with Crippen LogP contribution in [0.3, 0.4) is 0 Å². The van der Waals surface area contributed by atoms with Crippen LogP contribution in [0.2, 0.25) is 0 Å². The van der Waals surface area contributed by atoms with Gasteiger partial charge in [0, 0.05) is 13.2 Å². The molecule has 2 nitrogen and oxygen atoms in total. The summed E-state index contributed by atoms with van der Waals surface area (Å²) in [6, 6.07) is 0. The molecule has 1 aliphatic heterocycles.